The minimum atomic E-state index is -4.44. The number of rotatable bonds is 4. The largest absolute Gasteiger partial charge is 0.469 e. The minimum absolute atomic E-state index is 0.00806. The second-order valence-electron chi connectivity index (χ2n) is 6.22. The van der Waals surface area contributed by atoms with Crippen LogP contribution < -0.4 is 20.7 Å². The van der Waals surface area contributed by atoms with Crippen LogP contribution in [-0.4, -0.2) is 36.0 Å². The van der Waals surface area contributed by atoms with E-state index in [0.717, 1.165) is 12.1 Å². The first kappa shape index (κ1) is 19.5. The standard InChI is InChI=1S/C18H17F3N4O3/c1-10(26)23-8-13-9-25(12-4-2-11(3-5-12)18(19,20)21)15-7-6-14(16(22)27)24-17(15)28-13/h2-7,13H,8-9H2,1H3,(H2,22,27)(H,23,26)/t13-/m0/s1. The highest BCUT2D eigenvalue weighted by Gasteiger charge is 2.32. The number of ether oxygens (including phenoxy) is 1. The van der Waals surface area contributed by atoms with Crippen molar-refractivity contribution in [2.75, 3.05) is 18.0 Å². The molecular weight excluding hydrogens is 377 g/mol. The van der Waals surface area contributed by atoms with E-state index in [2.05, 4.69) is 10.3 Å². The van der Waals surface area contributed by atoms with Crippen LogP contribution in [0.15, 0.2) is 36.4 Å². The third-order valence-electron chi connectivity index (χ3n) is 4.13. The van der Waals surface area contributed by atoms with E-state index in [1.807, 2.05) is 0 Å². The number of amides is 2. The summed E-state index contributed by atoms with van der Waals surface area (Å²) in [4.78, 5) is 28.4. The zero-order valence-electron chi connectivity index (χ0n) is 14.8. The van der Waals surface area contributed by atoms with Crippen molar-refractivity contribution < 1.29 is 27.5 Å². The zero-order chi connectivity index (χ0) is 20.5. The average molecular weight is 394 g/mol. The van der Waals surface area contributed by atoms with Crippen LogP contribution in [0.4, 0.5) is 24.5 Å². The number of hydrogen-bond donors (Lipinski definition) is 2. The monoisotopic (exact) mass is 394 g/mol. The number of halogens is 3. The number of fused-ring (bicyclic) bond motifs is 1. The van der Waals surface area contributed by atoms with E-state index in [4.69, 9.17) is 10.5 Å². The van der Waals surface area contributed by atoms with Crippen LogP contribution in [0.5, 0.6) is 5.88 Å². The Morgan fingerprint density at radius 1 is 1.25 bits per heavy atom. The average Bonchev–Trinajstić information content (AvgIpc) is 2.64. The third kappa shape index (κ3) is 4.16. The molecule has 1 aromatic carbocycles. The van der Waals surface area contributed by atoms with Gasteiger partial charge in [0.2, 0.25) is 11.8 Å². The SMILES string of the molecule is CC(=O)NC[C@H]1CN(c2ccc(C(F)(F)F)cc2)c2ccc(C(N)=O)nc2O1. The number of aromatic nitrogens is 1. The van der Waals surface area contributed by atoms with Crippen LogP contribution in [0.25, 0.3) is 0 Å². The Labute approximate surface area is 158 Å². The van der Waals surface area contributed by atoms with Gasteiger partial charge in [-0.15, -0.1) is 0 Å². The molecular formula is C18H17F3N4O3. The number of anilines is 2. The number of benzene rings is 1. The van der Waals surface area contributed by atoms with Crippen LogP contribution in [0.3, 0.4) is 0 Å². The number of nitrogens with two attached hydrogens (primary N) is 1. The predicted octanol–water partition coefficient (Wildman–Crippen LogP) is 2.23. The Morgan fingerprint density at radius 3 is 2.50 bits per heavy atom. The van der Waals surface area contributed by atoms with Crippen molar-refractivity contribution in [1.82, 2.24) is 10.3 Å². The van der Waals surface area contributed by atoms with Gasteiger partial charge >= 0.3 is 6.18 Å². The van der Waals surface area contributed by atoms with Gasteiger partial charge in [0.15, 0.2) is 0 Å². The lowest BCUT2D eigenvalue weighted by Gasteiger charge is -2.35. The van der Waals surface area contributed by atoms with Crippen LogP contribution in [0.1, 0.15) is 23.0 Å². The summed E-state index contributed by atoms with van der Waals surface area (Å²) in [6.07, 6.45) is -4.97. The van der Waals surface area contributed by atoms with E-state index in [1.54, 1.807) is 11.0 Å². The quantitative estimate of drug-likeness (QED) is 0.829. The first-order valence-electron chi connectivity index (χ1n) is 8.32. The zero-order valence-corrected chi connectivity index (χ0v) is 14.8. The van der Waals surface area contributed by atoms with Gasteiger partial charge in [-0.2, -0.15) is 13.2 Å². The van der Waals surface area contributed by atoms with Crippen LogP contribution in [0, 0.1) is 0 Å². The molecule has 1 aliphatic heterocycles. The van der Waals surface area contributed by atoms with E-state index in [1.165, 1.54) is 25.1 Å². The molecule has 0 unspecified atom stereocenters. The highest BCUT2D eigenvalue weighted by atomic mass is 19.4. The first-order valence-corrected chi connectivity index (χ1v) is 8.32. The molecule has 3 rings (SSSR count). The normalized spacial score (nSPS) is 16.1. The van der Waals surface area contributed by atoms with Crippen molar-refractivity contribution in [3.63, 3.8) is 0 Å². The van der Waals surface area contributed by atoms with Gasteiger partial charge in [-0.05, 0) is 36.4 Å². The number of nitrogens with zero attached hydrogens (tertiary/aromatic N) is 2. The fourth-order valence-electron chi connectivity index (χ4n) is 2.80. The Bertz CT molecular complexity index is 900. The molecule has 2 heterocycles. The Balaban J connectivity index is 1.97. The van der Waals surface area contributed by atoms with Gasteiger partial charge in [0.1, 0.15) is 17.5 Å². The Kier molecular flexibility index (Phi) is 5.12. The summed E-state index contributed by atoms with van der Waals surface area (Å²) in [6, 6.07) is 7.63. The lowest BCUT2D eigenvalue weighted by Crippen LogP contribution is -2.44. The van der Waals surface area contributed by atoms with Crippen molar-refractivity contribution in [3.05, 3.63) is 47.7 Å². The summed E-state index contributed by atoms with van der Waals surface area (Å²) in [5.41, 5.74) is 5.44. The van der Waals surface area contributed by atoms with E-state index in [-0.39, 0.29) is 30.6 Å². The molecule has 0 saturated carbocycles. The van der Waals surface area contributed by atoms with Crippen LogP contribution >= 0.6 is 0 Å². The number of carbonyl (C=O) groups is 2. The summed E-state index contributed by atoms with van der Waals surface area (Å²) in [5, 5.41) is 2.63. The van der Waals surface area contributed by atoms with Gasteiger partial charge in [0.05, 0.1) is 18.7 Å². The second-order valence-corrected chi connectivity index (χ2v) is 6.22. The van der Waals surface area contributed by atoms with Crippen molar-refractivity contribution in [3.8, 4) is 5.88 Å². The summed E-state index contributed by atoms with van der Waals surface area (Å²) in [5.74, 6) is -0.886. The fourth-order valence-corrected chi connectivity index (χ4v) is 2.80. The van der Waals surface area contributed by atoms with Crippen molar-refractivity contribution in [1.29, 1.82) is 0 Å². The molecule has 0 aliphatic carbocycles. The topological polar surface area (TPSA) is 97.6 Å². The van der Waals surface area contributed by atoms with E-state index in [0.29, 0.717) is 11.4 Å². The molecule has 0 spiro atoms. The molecule has 2 amide bonds. The number of pyridine rings is 1. The smallest absolute Gasteiger partial charge is 0.416 e. The first-order chi connectivity index (χ1) is 13.1. The third-order valence-corrected chi connectivity index (χ3v) is 4.13. The molecule has 2 aromatic rings. The molecule has 1 aliphatic rings. The number of primary amides is 1. The van der Waals surface area contributed by atoms with Crippen molar-refractivity contribution >= 4 is 23.2 Å². The molecule has 0 radical (unpaired) electrons. The van der Waals surface area contributed by atoms with Gasteiger partial charge in [0.25, 0.3) is 5.91 Å². The molecule has 1 atom stereocenters. The van der Waals surface area contributed by atoms with Gasteiger partial charge in [-0.25, -0.2) is 4.98 Å². The fraction of sp³-hybridized carbons (Fsp3) is 0.278. The lowest BCUT2D eigenvalue weighted by molar-refractivity contribution is -0.137. The lowest BCUT2D eigenvalue weighted by atomic mass is 10.1. The molecule has 7 nitrogen and oxygen atoms in total. The van der Waals surface area contributed by atoms with E-state index < -0.39 is 23.8 Å². The van der Waals surface area contributed by atoms with E-state index >= 15 is 0 Å². The van der Waals surface area contributed by atoms with Gasteiger partial charge in [-0.3, -0.25) is 9.59 Å². The molecule has 28 heavy (non-hydrogen) atoms. The number of alkyl halides is 3. The summed E-state index contributed by atoms with van der Waals surface area (Å²) in [6.45, 7) is 1.78. The Hall–Kier alpha value is -3.30. The van der Waals surface area contributed by atoms with Gasteiger partial charge < -0.3 is 20.7 Å². The number of hydrogen-bond acceptors (Lipinski definition) is 5. The highest BCUT2D eigenvalue weighted by Crippen LogP contribution is 2.38. The molecule has 3 N–H and O–H groups in total. The summed E-state index contributed by atoms with van der Waals surface area (Å²) < 4.78 is 44.2. The van der Waals surface area contributed by atoms with Crippen molar-refractivity contribution in [2.24, 2.45) is 5.73 Å². The molecule has 1 aromatic heterocycles. The number of nitrogens with one attached hydrogen (secondary N) is 1. The predicted molar refractivity (Wildman–Crippen MR) is 94.3 cm³/mol. The van der Waals surface area contributed by atoms with Crippen molar-refractivity contribution in [2.45, 2.75) is 19.2 Å². The molecule has 0 fully saturated rings. The molecule has 148 valence electrons. The molecule has 10 heteroatoms. The van der Waals surface area contributed by atoms with Gasteiger partial charge in [-0.1, -0.05) is 0 Å². The maximum absolute atomic E-state index is 12.8. The Morgan fingerprint density at radius 2 is 1.93 bits per heavy atom. The maximum Gasteiger partial charge on any atom is 0.416 e. The second kappa shape index (κ2) is 7.37. The summed E-state index contributed by atoms with van der Waals surface area (Å²) >= 11 is 0. The number of carbonyl (C=O) groups excluding carboxylic acids is 2. The molecule has 0 saturated heterocycles. The highest BCUT2D eigenvalue weighted by molar-refractivity contribution is 5.91. The maximum atomic E-state index is 12.8. The van der Waals surface area contributed by atoms with Crippen LogP contribution in [-0.2, 0) is 11.0 Å². The minimum Gasteiger partial charge on any atom is -0.469 e. The van der Waals surface area contributed by atoms with Gasteiger partial charge in [0, 0.05) is 12.6 Å². The summed E-state index contributed by atoms with van der Waals surface area (Å²) in [7, 11) is 0. The van der Waals surface area contributed by atoms with E-state index in [9.17, 15) is 22.8 Å². The molecule has 0 bridgehead atoms. The van der Waals surface area contributed by atoms with Crippen LogP contribution in [0.2, 0.25) is 0 Å².